The lowest BCUT2D eigenvalue weighted by Gasteiger charge is -2.38. The largest absolute Gasteiger partial charge is 0.384 e. The van der Waals surface area contributed by atoms with Crippen molar-refractivity contribution < 1.29 is 33.8 Å². The van der Waals surface area contributed by atoms with Gasteiger partial charge in [0.25, 0.3) is 11.8 Å². The molecule has 5 N–H and O–H groups in total. The Morgan fingerprint density at radius 1 is 1.06 bits per heavy atom. The van der Waals surface area contributed by atoms with E-state index in [4.69, 9.17) is 10.5 Å². The first-order chi connectivity index (χ1) is 24.8. The second-order valence-electron chi connectivity index (χ2n) is 15.0. The Labute approximate surface area is 309 Å². The summed E-state index contributed by atoms with van der Waals surface area (Å²) in [6.45, 7) is 3.86. The van der Waals surface area contributed by atoms with E-state index in [-0.39, 0.29) is 31.7 Å². The van der Waals surface area contributed by atoms with Crippen LogP contribution < -0.4 is 16.4 Å². The number of thioether (sulfide) groups is 1. The molecule has 3 atom stereocenters. The summed E-state index contributed by atoms with van der Waals surface area (Å²) in [6, 6.07) is 4.66. The smallest absolute Gasteiger partial charge is 0.287 e. The minimum absolute atomic E-state index is 0.0462. The molecular weight excluding hydrogens is 687 g/mol. The molecular formula is C37H53N7O7S. The Bertz CT molecular complexity index is 1580. The van der Waals surface area contributed by atoms with Crippen LogP contribution in [0.2, 0.25) is 0 Å². The van der Waals surface area contributed by atoms with Gasteiger partial charge in [0.1, 0.15) is 23.2 Å². The van der Waals surface area contributed by atoms with Crippen molar-refractivity contribution in [3.63, 3.8) is 0 Å². The van der Waals surface area contributed by atoms with Gasteiger partial charge in [-0.1, -0.05) is 56.6 Å². The van der Waals surface area contributed by atoms with Gasteiger partial charge in [0.2, 0.25) is 17.6 Å². The number of nitrogens with zero attached hydrogens (tertiary/aromatic N) is 4. The van der Waals surface area contributed by atoms with Gasteiger partial charge in [-0.2, -0.15) is 0 Å². The molecule has 2 aliphatic carbocycles. The maximum absolute atomic E-state index is 14.8. The number of ether oxygens (including phenoxy) is 1. The SMILES string of the molecule is COCCSc1ccc(C(=O)N[C@H](CC2CCCCC2)C(=O)N2C[C@@H](n3nncc3C(C)(C)O)C[C@H]2C(=O)NC2(C(=O)C(N)=O)CCCCC2)cc1. The average molecular weight is 740 g/mol. The van der Waals surface area contributed by atoms with Crippen molar-refractivity contribution >= 4 is 41.2 Å². The van der Waals surface area contributed by atoms with E-state index in [1.807, 2.05) is 12.1 Å². The summed E-state index contributed by atoms with van der Waals surface area (Å²) in [5, 5.41) is 25.0. The number of amides is 4. The quantitative estimate of drug-likeness (QED) is 0.120. The molecule has 52 heavy (non-hydrogen) atoms. The normalized spacial score (nSPS) is 21.3. The molecule has 2 saturated carbocycles. The molecule has 0 radical (unpaired) electrons. The highest BCUT2D eigenvalue weighted by Crippen LogP contribution is 2.35. The molecule has 0 spiro atoms. The zero-order chi connectivity index (χ0) is 37.5. The fourth-order valence-corrected chi connectivity index (χ4v) is 8.73. The summed E-state index contributed by atoms with van der Waals surface area (Å²) in [4.78, 5) is 70.7. The van der Waals surface area contributed by atoms with Crippen LogP contribution in [0.4, 0.5) is 0 Å². The first kappa shape index (κ1) is 39.4. The van der Waals surface area contributed by atoms with Crippen molar-refractivity contribution in [3.05, 3.63) is 41.7 Å². The number of likely N-dealkylation sites (tertiary alicyclic amines) is 1. The van der Waals surface area contributed by atoms with Crippen LogP contribution in [0.15, 0.2) is 35.4 Å². The first-order valence-electron chi connectivity index (χ1n) is 18.5. The molecule has 1 aromatic carbocycles. The third kappa shape index (κ3) is 9.39. The van der Waals surface area contributed by atoms with E-state index in [1.165, 1.54) is 11.1 Å². The van der Waals surface area contributed by atoms with Crippen LogP contribution in [-0.2, 0) is 29.5 Å². The fraction of sp³-hybridized carbons (Fsp3) is 0.649. The number of aromatic nitrogens is 3. The van der Waals surface area contributed by atoms with Crippen LogP contribution in [0.5, 0.6) is 0 Å². The third-order valence-corrected chi connectivity index (χ3v) is 11.7. The zero-order valence-electron chi connectivity index (χ0n) is 30.5. The van der Waals surface area contributed by atoms with Gasteiger partial charge in [0.15, 0.2) is 0 Å². The summed E-state index contributed by atoms with van der Waals surface area (Å²) in [7, 11) is 1.65. The number of Topliss-reactive ketones (excluding diaryl/α,β-unsaturated/α-hetero) is 1. The predicted octanol–water partition coefficient (Wildman–Crippen LogP) is 3.03. The second-order valence-corrected chi connectivity index (χ2v) is 16.1. The molecule has 1 saturated heterocycles. The van der Waals surface area contributed by atoms with Gasteiger partial charge in [-0.05, 0) is 63.3 Å². The van der Waals surface area contributed by atoms with Gasteiger partial charge in [-0.15, -0.1) is 16.9 Å². The molecule has 4 amide bonds. The van der Waals surface area contributed by atoms with Crippen LogP contribution >= 0.6 is 11.8 Å². The monoisotopic (exact) mass is 739 g/mol. The van der Waals surface area contributed by atoms with Crippen molar-refractivity contribution in [1.29, 1.82) is 0 Å². The Hall–Kier alpha value is -3.82. The molecule has 0 unspecified atom stereocenters. The number of primary amides is 1. The van der Waals surface area contributed by atoms with E-state index in [2.05, 4.69) is 20.9 Å². The number of carbonyl (C=O) groups excluding carboxylic acids is 5. The molecule has 284 valence electrons. The van der Waals surface area contributed by atoms with Crippen molar-refractivity contribution in [2.75, 3.05) is 26.0 Å². The summed E-state index contributed by atoms with van der Waals surface area (Å²) in [5.41, 5.74) is 3.52. The van der Waals surface area contributed by atoms with Gasteiger partial charge >= 0.3 is 0 Å². The number of hydrogen-bond acceptors (Lipinski definition) is 10. The molecule has 14 nitrogen and oxygen atoms in total. The molecule has 1 aliphatic heterocycles. The lowest BCUT2D eigenvalue weighted by molar-refractivity contribution is -0.145. The van der Waals surface area contributed by atoms with E-state index in [1.54, 1.807) is 49.5 Å². The highest BCUT2D eigenvalue weighted by Gasteiger charge is 2.49. The molecule has 1 aromatic heterocycles. The van der Waals surface area contributed by atoms with Crippen LogP contribution in [0.25, 0.3) is 0 Å². The second kappa shape index (κ2) is 17.3. The number of ketones is 1. The lowest BCUT2D eigenvalue weighted by atomic mass is 9.78. The van der Waals surface area contributed by atoms with E-state index < -0.39 is 58.7 Å². The Morgan fingerprint density at radius 2 is 1.73 bits per heavy atom. The number of carbonyl (C=O) groups is 5. The van der Waals surface area contributed by atoms with Crippen LogP contribution in [-0.4, -0.2) is 98.0 Å². The number of rotatable bonds is 15. The predicted molar refractivity (Wildman–Crippen MR) is 194 cm³/mol. The topological polar surface area (TPSA) is 199 Å². The molecule has 0 bridgehead atoms. The Balaban J connectivity index is 1.45. The number of benzene rings is 1. The van der Waals surface area contributed by atoms with Crippen LogP contribution in [0.3, 0.4) is 0 Å². The van der Waals surface area contributed by atoms with Crippen molar-refractivity contribution in [3.8, 4) is 0 Å². The van der Waals surface area contributed by atoms with Gasteiger partial charge in [-0.3, -0.25) is 24.0 Å². The first-order valence-corrected chi connectivity index (χ1v) is 19.4. The lowest BCUT2D eigenvalue weighted by Crippen LogP contribution is -2.62. The van der Waals surface area contributed by atoms with Gasteiger partial charge in [0, 0.05) is 36.3 Å². The summed E-state index contributed by atoms with van der Waals surface area (Å²) < 4.78 is 6.67. The Morgan fingerprint density at radius 3 is 2.37 bits per heavy atom. The van der Waals surface area contributed by atoms with Crippen LogP contribution in [0.1, 0.15) is 113 Å². The summed E-state index contributed by atoms with van der Waals surface area (Å²) >= 11 is 1.61. The number of hydrogen-bond donors (Lipinski definition) is 4. The van der Waals surface area contributed by atoms with Crippen molar-refractivity contribution in [2.24, 2.45) is 11.7 Å². The van der Waals surface area contributed by atoms with E-state index in [0.717, 1.165) is 49.2 Å². The summed E-state index contributed by atoms with van der Waals surface area (Å²) in [6.07, 6.45) is 9.69. The van der Waals surface area contributed by atoms with E-state index >= 15 is 0 Å². The minimum atomic E-state index is -1.46. The number of aliphatic hydroxyl groups is 1. The number of methoxy groups -OCH3 is 1. The zero-order valence-corrected chi connectivity index (χ0v) is 31.3. The molecule has 3 aliphatic rings. The molecule has 3 fully saturated rings. The maximum Gasteiger partial charge on any atom is 0.287 e. The average Bonchev–Trinajstić information content (AvgIpc) is 3.81. The highest BCUT2D eigenvalue weighted by molar-refractivity contribution is 7.99. The summed E-state index contributed by atoms with van der Waals surface area (Å²) in [5.74, 6) is -2.38. The standard InChI is InChI=1S/C37H53N7O7S/c1-36(2,50)30-22-39-42-44(30)26-21-29(34(48)41-37(31(45)32(38)46)16-8-5-9-17-37)43(23-26)35(49)28(20-24-10-6-4-7-11-24)40-33(47)25-12-14-27(15-13-25)52-19-18-51-3/h12-15,22,24,26,28-29,50H,4-11,16-21,23H2,1-3H3,(H2,38,46)(H,40,47)(H,41,48)/t26-,28+,29-/m0/s1. The van der Waals surface area contributed by atoms with Gasteiger partial charge in [0.05, 0.1) is 24.5 Å². The molecule has 15 heteroatoms. The molecule has 2 aromatic rings. The number of nitrogens with two attached hydrogens (primary N) is 1. The fourth-order valence-electron chi connectivity index (χ4n) is 7.92. The molecule has 2 heterocycles. The van der Waals surface area contributed by atoms with Gasteiger partial charge in [-0.25, -0.2) is 4.68 Å². The molecule has 5 rings (SSSR count). The van der Waals surface area contributed by atoms with Crippen LogP contribution in [0, 0.1) is 5.92 Å². The Kier molecular flexibility index (Phi) is 13.1. The van der Waals surface area contributed by atoms with Crippen molar-refractivity contribution in [1.82, 2.24) is 30.5 Å². The minimum Gasteiger partial charge on any atom is -0.384 e. The van der Waals surface area contributed by atoms with Gasteiger partial charge < -0.3 is 31.1 Å². The highest BCUT2D eigenvalue weighted by atomic mass is 32.2. The maximum atomic E-state index is 14.8. The van der Waals surface area contributed by atoms with E-state index in [0.29, 0.717) is 37.1 Å². The van der Waals surface area contributed by atoms with Crippen molar-refractivity contribution in [2.45, 2.75) is 125 Å². The van der Waals surface area contributed by atoms with E-state index in [9.17, 15) is 29.1 Å². The third-order valence-electron chi connectivity index (χ3n) is 10.7. The number of nitrogens with one attached hydrogen (secondary N) is 2.